The van der Waals surface area contributed by atoms with Crippen LogP contribution in [0.1, 0.15) is 66.3 Å². The first-order valence-corrected chi connectivity index (χ1v) is 16.4. The van der Waals surface area contributed by atoms with Crippen molar-refractivity contribution >= 4 is 27.6 Å². The Kier molecular flexibility index (Phi) is 5.97. The maximum atomic E-state index is 7.59. The van der Waals surface area contributed by atoms with Gasteiger partial charge in [0, 0.05) is 27.5 Å². The number of fused-ring (bicyclic) bond motifs is 11. The number of ether oxygens (including phenoxy) is 2. The van der Waals surface area contributed by atoms with E-state index >= 15 is 0 Å². The molecule has 6 aromatic rings. The molecule has 0 saturated heterocycles. The van der Waals surface area contributed by atoms with E-state index in [9.17, 15) is 0 Å². The third-order valence-electron chi connectivity index (χ3n) is 10.8. The predicted molar refractivity (Wildman–Crippen MR) is 185 cm³/mol. The molecule has 2 aliphatic carbocycles. The van der Waals surface area contributed by atoms with Crippen LogP contribution in [-0.4, -0.2) is 7.11 Å². The molecule has 1 heterocycles. The van der Waals surface area contributed by atoms with Crippen molar-refractivity contribution < 1.29 is 9.47 Å². The highest BCUT2D eigenvalue weighted by Crippen LogP contribution is 2.61. The fourth-order valence-corrected chi connectivity index (χ4v) is 8.71. The average Bonchev–Trinajstić information content (AvgIpc) is 3.21. The molecule has 0 N–H and O–H groups in total. The van der Waals surface area contributed by atoms with Crippen LogP contribution < -0.4 is 9.47 Å². The molecule has 3 aliphatic rings. The maximum absolute atomic E-state index is 7.59. The number of hydrogen-bond donors (Lipinski definition) is 0. The van der Waals surface area contributed by atoms with Crippen molar-refractivity contribution in [3.63, 3.8) is 0 Å². The second kappa shape index (κ2) is 10.1. The zero-order valence-corrected chi connectivity index (χ0v) is 25.7. The number of hydrogen-bond acceptors (Lipinski definition) is 2. The van der Waals surface area contributed by atoms with Crippen molar-refractivity contribution in [1.82, 2.24) is 0 Å². The summed E-state index contributed by atoms with van der Waals surface area (Å²) in [5.74, 6) is 1.83. The second-order valence-corrected chi connectivity index (χ2v) is 13.0. The van der Waals surface area contributed by atoms with Crippen molar-refractivity contribution in [3.8, 4) is 22.6 Å². The fraction of sp³-hybridized carbons (Fsp3) is 0.209. The van der Waals surface area contributed by atoms with Crippen molar-refractivity contribution in [1.29, 1.82) is 0 Å². The van der Waals surface area contributed by atoms with E-state index in [0.29, 0.717) is 0 Å². The Morgan fingerprint density at radius 3 is 2.13 bits per heavy atom. The smallest absolute Gasteiger partial charge is 0.178 e. The molecular weight excluding hydrogens is 548 g/mol. The summed E-state index contributed by atoms with van der Waals surface area (Å²) in [6.45, 7) is 0. The van der Waals surface area contributed by atoms with Gasteiger partial charge in [0.25, 0.3) is 0 Å². The van der Waals surface area contributed by atoms with Gasteiger partial charge in [0.1, 0.15) is 11.5 Å². The first kappa shape index (κ1) is 26.6. The van der Waals surface area contributed by atoms with Gasteiger partial charge in [-0.2, -0.15) is 0 Å². The van der Waals surface area contributed by atoms with E-state index in [2.05, 4.69) is 115 Å². The van der Waals surface area contributed by atoms with Crippen LogP contribution in [0.25, 0.3) is 38.7 Å². The van der Waals surface area contributed by atoms with Gasteiger partial charge in [0.15, 0.2) is 5.60 Å². The lowest BCUT2D eigenvalue weighted by Crippen LogP contribution is -2.35. The highest BCUT2D eigenvalue weighted by atomic mass is 16.5. The van der Waals surface area contributed by atoms with Gasteiger partial charge < -0.3 is 9.47 Å². The summed E-state index contributed by atoms with van der Waals surface area (Å²) in [5.41, 5.74) is 8.47. The fourth-order valence-electron chi connectivity index (χ4n) is 8.71. The molecule has 9 rings (SSSR count). The number of methoxy groups -OCH3 is 1. The summed E-state index contributed by atoms with van der Waals surface area (Å²) in [4.78, 5) is 0. The maximum Gasteiger partial charge on any atom is 0.178 e. The van der Waals surface area contributed by atoms with Crippen LogP contribution in [0.5, 0.6) is 11.5 Å². The van der Waals surface area contributed by atoms with Crippen molar-refractivity contribution in [3.05, 3.63) is 149 Å². The minimum absolute atomic E-state index is 0.00725. The Bertz CT molecular complexity index is 2130. The molecule has 2 heteroatoms. The summed E-state index contributed by atoms with van der Waals surface area (Å²) >= 11 is 0. The van der Waals surface area contributed by atoms with Crippen molar-refractivity contribution in [2.45, 2.75) is 49.5 Å². The van der Waals surface area contributed by atoms with Crippen molar-refractivity contribution in [2.24, 2.45) is 0 Å². The van der Waals surface area contributed by atoms with Gasteiger partial charge in [-0.15, -0.1) is 0 Å². The normalized spacial score (nSPS) is 19.5. The predicted octanol–water partition coefficient (Wildman–Crippen LogP) is 11.0. The molecule has 6 aromatic carbocycles. The lowest BCUT2D eigenvalue weighted by Gasteiger charge is -2.39. The third-order valence-corrected chi connectivity index (χ3v) is 10.8. The molecule has 45 heavy (non-hydrogen) atoms. The minimum Gasteiger partial charge on any atom is -0.497 e. The van der Waals surface area contributed by atoms with Gasteiger partial charge in [-0.05, 0) is 75.5 Å². The molecule has 1 atom stereocenters. The molecule has 0 radical (unpaired) electrons. The molecule has 2 nitrogen and oxygen atoms in total. The van der Waals surface area contributed by atoms with Crippen molar-refractivity contribution in [2.75, 3.05) is 7.11 Å². The quantitative estimate of drug-likeness (QED) is 0.206. The van der Waals surface area contributed by atoms with Crippen LogP contribution in [-0.2, 0) is 11.0 Å². The van der Waals surface area contributed by atoms with E-state index in [1.54, 1.807) is 7.11 Å². The highest BCUT2D eigenvalue weighted by molar-refractivity contribution is 6.08. The zero-order valence-electron chi connectivity index (χ0n) is 25.7. The zero-order chi connectivity index (χ0) is 30.0. The van der Waals surface area contributed by atoms with Gasteiger partial charge in [-0.3, -0.25) is 0 Å². The summed E-state index contributed by atoms with van der Waals surface area (Å²) in [7, 11) is 1.72. The van der Waals surface area contributed by atoms with Gasteiger partial charge in [-0.25, -0.2) is 0 Å². The highest BCUT2D eigenvalue weighted by Gasteiger charge is 2.48. The molecular formula is C43H36O2. The molecule has 0 aromatic heterocycles. The lowest BCUT2D eigenvalue weighted by molar-refractivity contribution is 0.163. The molecule has 1 fully saturated rings. The molecule has 1 aliphatic heterocycles. The molecule has 1 unspecified atom stereocenters. The van der Waals surface area contributed by atoms with Crippen LogP contribution in [0.2, 0.25) is 0 Å². The molecule has 0 amide bonds. The minimum atomic E-state index is -0.803. The monoisotopic (exact) mass is 584 g/mol. The molecule has 1 spiro atoms. The van der Waals surface area contributed by atoms with E-state index in [4.69, 9.17) is 9.47 Å². The van der Waals surface area contributed by atoms with E-state index in [1.165, 1.54) is 87.9 Å². The molecule has 220 valence electrons. The largest absolute Gasteiger partial charge is 0.497 e. The van der Waals surface area contributed by atoms with Gasteiger partial charge >= 0.3 is 0 Å². The second-order valence-electron chi connectivity index (χ2n) is 13.0. The third kappa shape index (κ3) is 3.81. The van der Waals surface area contributed by atoms with Crippen LogP contribution in [0.4, 0.5) is 0 Å². The summed E-state index contributed by atoms with van der Waals surface area (Å²) in [5, 5.41) is 4.90. The van der Waals surface area contributed by atoms with Crippen LogP contribution in [0.15, 0.2) is 121 Å². The first-order valence-electron chi connectivity index (χ1n) is 16.4. The summed E-state index contributed by atoms with van der Waals surface area (Å²) in [6.07, 6.45) is 12.2. The van der Waals surface area contributed by atoms with Gasteiger partial charge in [-0.1, -0.05) is 129 Å². The van der Waals surface area contributed by atoms with E-state index in [-0.39, 0.29) is 5.41 Å². The Labute approximate surface area is 265 Å². The van der Waals surface area contributed by atoms with Crippen LogP contribution in [0, 0.1) is 0 Å². The summed E-state index contributed by atoms with van der Waals surface area (Å²) in [6, 6.07) is 41.9. The van der Waals surface area contributed by atoms with E-state index < -0.39 is 5.60 Å². The Balaban J connectivity index is 1.35. The number of rotatable bonds is 3. The average molecular weight is 585 g/mol. The Morgan fingerprint density at radius 1 is 0.644 bits per heavy atom. The van der Waals surface area contributed by atoms with Gasteiger partial charge in [0.05, 0.1) is 7.11 Å². The van der Waals surface area contributed by atoms with Gasteiger partial charge in [0.2, 0.25) is 0 Å². The standard InChI is InChI=1S/C43H36O2/c1-44-33-22-20-31(21-23-33)43(32-19-18-29-12-4-5-13-30(29)28-32)27-24-37-40-39(34-14-6-7-15-35(34)41(37)45-43)36-16-8-9-17-38(36)42(40)25-10-2-3-11-26-42/h4-9,12-24,27-28H,2-3,10-11,25-26H2,1H3. The molecule has 1 saturated carbocycles. The Morgan fingerprint density at radius 2 is 1.33 bits per heavy atom. The number of benzene rings is 6. The topological polar surface area (TPSA) is 18.5 Å². The Hall–Kier alpha value is -4.82. The first-order chi connectivity index (χ1) is 22.2. The summed E-state index contributed by atoms with van der Waals surface area (Å²) < 4.78 is 13.2. The van der Waals surface area contributed by atoms with Crippen LogP contribution >= 0.6 is 0 Å². The van der Waals surface area contributed by atoms with E-state index in [1.807, 2.05) is 12.1 Å². The molecule has 0 bridgehead atoms. The SMILES string of the molecule is COc1ccc(C2(c3ccc4ccccc4c3)C=Cc3c4c(c5ccccc5c3O2)-c2ccccc2C42CCCCCC2)cc1. The van der Waals surface area contributed by atoms with Crippen LogP contribution in [0.3, 0.4) is 0 Å². The van der Waals surface area contributed by atoms with E-state index in [0.717, 1.165) is 22.6 Å². The lowest BCUT2D eigenvalue weighted by atomic mass is 9.70.